The second-order valence-electron chi connectivity index (χ2n) is 5.36. The third-order valence-electron chi connectivity index (χ3n) is 4.00. The van der Waals surface area contributed by atoms with Crippen LogP contribution in [0.1, 0.15) is 0 Å². The molecule has 0 saturated heterocycles. The van der Waals surface area contributed by atoms with Crippen LogP contribution in [0.4, 0.5) is 0 Å². The molecule has 23 heavy (non-hydrogen) atoms. The van der Waals surface area contributed by atoms with Crippen LogP contribution in [0.15, 0.2) is 72.8 Å². The summed E-state index contributed by atoms with van der Waals surface area (Å²) in [4.78, 5) is 0. The summed E-state index contributed by atoms with van der Waals surface area (Å²) in [6.07, 6.45) is 0. The quantitative estimate of drug-likeness (QED) is 0.521. The molecule has 0 aliphatic heterocycles. The molecule has 0 spiro atoms. The van der Waals surface area contributed by atoms with E-state index in [1.54, 1.807) is 0 Å². The van der Waals surface area contributed by atoms with Crippen molar-refractivity contribution in [3.8, 4) is 0 Å². The van der Waals surface area contributed by atoms with Gasteiger partial charge >= 0.3 is 0 Å². The van der Waals surface area contributed by atoms with Gasteiger partial charge in [0.25, 0.3) is 0 Å². The van der Waals surface area contributed by atoms with Gasteiger partial charge in [0.1, 0.15) is 23.2 Å². The maximum Gasteiger partial charge on any atom is 0.123 e. The Morgan fingerprint density at radius 2 is 0.783 bits per heavy atom. The zero-order valence-electron chi connectivity index (χ0n) is 12.5. The minimum Gasteiger partial charge on any atom is -0.0800 e. The van der Waals surface area contributed by atoms with E-state index >= 15 is 0 Å². The lowest BCUT2D eigenvalue weighted by atomic mass is 10.3. The van der Waals surface area contributed by atoms with Crippen LogP contribution >= 0.6 is 42.1 Å². The van der Waals surface area contributed by atoms with E-state index in [1.807, 2.05) is 54.6 Å². The zero-order chi connectivity index (χ0) is 16.4. The minimum absolute atomic E-state index is 0.739. The summed E-state index contributed by atoms with van der Waals surface area (Å²) in [6, 6.07) is 23.8. The Kier molecular flexibility index (Phi) is 4.99. The highest BCUT2D eigenvalue weighted by molar-refractivity contribution is 7.95. The van der Waals surface area contributed by atoms with Crippen molar-refractivity contribution in [2.45, 2.75) is 0 Å². The van der Waals surface area contributed by atoms with E-state index in [0.717, 1.165) is 31.0 Å². The second-order valence-corrected chi connectivity index (χ2v) is 10.0. The van der Waals surface area contributed by atoms with Gasteiger partial charge in [0.2, 0.25) is 0 Å². The van der Waals surface area contributed by atoms with Gasteiger partial charge in [-0.25, -0.2) is 0 Å². The van der Waals surface area contributed by atoms with E-state index in [1.165, 1.54) is 0 Å². The first kappa shape index (κ1) is 16.8. The van der Waals surface area contributed by atoms with Gasteiger partial charge in [-0.05, 0) is 36.4 Å². The molecular weight excluding hydrogens is 366 g/mol. The third-order valence-corrected chi connectivity index (χ3v) is 9.45. The Morgan fingerprint density at radius 3 is 1.04 bits per heavy atom. The van der Waals surface area contributed by atoms with Crippen LogP contribution in [0.25, 0.3) is 0 Å². The first-order chi connectivity index (χ1) is 11.0. The molecule has 3 aromatic rings. The first-order valence-electron chi connectivity index (χ1n) is 7.17. The van der Waals surface area contributed by atoms with Gasteiger partial charge in [-0.15, -0.1) is 0 Å². The Labute approximate surface area is 152 Å². The SMILES string of the molecule is C[P+](c1ccccc1Cl)(c1ccccc1Cl)c1ccccc1Cl. The minimum atomic E-state index is -2.04. The lowest BCUT2D eigenvalue weighted by Gasteiger charge is -2.25. The lowest BCUT2D eigenvalue weighted by molar-refractivity contribution is 1.71. The summed E-state index contributed by atoms with van der Waals surface area (Å²) < 4.78 is 0. The standard InChI is InChI=1S/C19H15Cl3P/c1-23(17-11-5-2-8-14(17)20,18-12-6-3-9-15(18)21)19-13-7-4-10-16(19)22/h2-13H,1H3/q+1. The molecule has 0 aromatic heterocycles. The molecule has 0 nitrogen and oxygen atoms in total. The Hall–Kier alpha value is -1.04. The van der Waals surface area contributed by atoms with Crippen LogP contribution in [-0.2, 0) is 0 Å². The molecule has 0 heterocycles. The fourth-order valence-corrected chi connectivity index (χ4v) is 8.20. The molecule has 4 heteroatoms. The Morgan fingerprint density at radius 1 is 0.522 bits per heavy atom. The van der Waals surface area contributed by atoms with Crippen molar-refractivity contribution in [1.29, 1.82) is 0 Å². The first-order valence-corrected chi connectivity index (χ1v) is 10.5. The van der Waals surface area contributed by atoms with Gasteiger partial charge in [0.15, 0.2) is 0 Å². The summed E-state index contributed by atoms with van der Waals surface area (Å²) in [6.45, 7) is 2.22. The van der Waals surface area contributed by atoms with Gasteiger partial charge < -0.3 is 0 Å². The topological polar surface area (TPSA) is 0 Å². The predicted octanol–water partition coefficient (Wildman–Crippen LogP) is 5.57. The maximum atomic E-state index is 6.55. The molecule has 0 bridgehead atoms. The average molecular weight is 381 g/mol. The van der Waals surface area contributed by atoms with Crippen LogP contribution in [0.3, 0.4) is 0 Å². The van der Waals surface area contributed by atoms with Crippen LogP contribution < -0.4 is 15.9 Å². The van der Waals surface area contributed by atoms with Crippen LogP contribution in [-0.4, -0.2) is 6.66 Å². The smallest absolute Gasteiger partial charge is 0.0800 e. The summed E-state index contributed by atoms with van der Waals surface area (Å²) >= 11 is 19.7. The van der Waals surface area contributed by atoms with E-state index in [9.17, 15) is 0 Å². The molecule has 0 fully saturated rings. The van der Waals surface area contributed by atoms with Crippen LogP contribution in [0, 0.1) is 0 Å². The monoisotopic (exact) mass is 379 g/mol. The fraction of sp³-hybridized carbons (Fsp3) is 0.0526. The molecule has 0 atom stereocenters. The normalized spacial score (nSPS) is 11.5. The second kappa shape index (κ2) is 6.83. The van der Waals surface area contributed by atoms with E-state index in [2.05, 4.69) is 24.9 Å². The lowest BCUT2D eigenvalue weighted by Crippen LogP contribution is -2.32. The fourth-order valence-electron chi connectivity index (χ4n) is 2.83. The largest absolute Gasteiger partial charge is 0.123 e. The van der Waals surface area contributed by atoms with Gasteiger partial charge in [-0.1, -0.05) is 71.2 Å². The number of hydrogen-bond acceptors (Lipinski definition) is 0. The van der Waals surface area contributed by atoms with E-state index in [0.29, 0.717) is 0 Å². The molecule has 0 radical (unpaired) electrons. The number of rotatable bonds is 3. The van der Waals surface area contributed by atoms with Gasteiger partial charge in [0.05, 0.1) is 21.7 Å². The predicted molar refractivity (Wildman–Crippen MR) is 106 cm³/mol. The molecule has 0 saturated carbocycles. The van der Waals surface area contributed by atoms with Crippen molar-refractivity contribution >= 4 is 58.0 Å². The molecule has 116 valence electrons. The highest BCUT2D eigenvalue weighted by atomic mass is 35.5. The van der Waals surface area contributed by atoms with E-state index < -0.39 is 7.26 Å². The van der Waals surface area contributed by atoms with Gasteiger partial charge in [-0.2, -0.15) is 0 Å². The molecule has 0 amide bonds. The van der Waals surface area contributed by atoms with Crippen molar-refractivity contribution < 1.29 is 0 Å². The summed E-state index contributed by atoms with van der Waals surface area (Å²) in [5.41, 5.74) is 0. The number of hydrogen-bond donors (Lipinski definition) is 0. The molecule has 0 unspecified atom stereocenters. The average Bonchev–Trinajstić information content (AvgIpc) is 2.55. The van der Waals surface area contributed by atoms with Crippen molar-refractivity contribution in [1.82, 2.24) is 0 Å². The molecule has 3 rings (SSSR count). The molecular formula is C19H15Cl3P+. The van der Waals surface area contributed by atoms with E-state index in [-0.39, 0.29) is 0 Å². The van der Waals surface area contributed by atoms with Crippen molar-refractivity contribution in [3.63, 3.8) is 0 Å². The highest BCUT2D eigenvalue weighted by Gasteiger charge is 2.44. The molecule has 3 aromatic carbocycles. The Bertz CT molecular complexity index is 734. The Balaban J connectivity index is 2.38. The van der Waals surface area contributed by atoms with E-state index in [4.69, 9.17) is 34.8 Å². The van der Waals surface area contributed by atoms with Crippen molar-refractivity contribution in [2.24, 2.45) is 0 Å². The number of benzene rings is 3. The van der Waals surface area contributed by atoms with Crippen molar-refractivity contribution in [3.05, 3.63) is 87.9 Å². The number of halogens is 3. The van der Waals surface area contributed by atoms with Crippen molar-refractivity contribution in [2.75, 3.05) is 6.66 Å². The van der Waals surface area contributed by atoms with Crippen LogP contribution in [0.5, 0.6) is 0 Å². The summed E-state index contributed by atoms with van der Waals surface area (Å²) in [5, 5.41) is 5.48. The maximum absolute atomic E-state index is 6.55. The third kappa shape index (κ3) is 3.02. The molecule has 0 aliphatic carbocycles. The van der Waals surface area contributed by atoms with Gasteiger partial charge in [-0.3, -0.25) is 0 Å². The summed E-state index contributed by atoms with van der Waals surface area (Å²) in [5.74, 6) is 0. The molecule has 0 N–H and O–H groups in total. The molecule has 0 aliphatic rings. The van der Waals surface area contributed by atoms with Crippen LogP contribution in [0.2, 0.25) is 15.1 Å². The summed E-state index contributed by atoms with van der Waals surface area (Å²) in [7, 11) is -2.04. The van der Waals surface area contributed by atoms with Gasteiger partial charge in [0, 0.05) is 0 Å². The zero-order valence-corrected chi connectivity index (χ0v) is 15.7. The highest BCUT2D eigenvalue weighted by Crippen LogP contribution is 2.55.